The molecule has 1 amide bonds. The van der Waals surface area contributed by atoms with Gasteiger partial charge in [-0.15, -0.1) is 12.4 Å². The summed E-state index contributed by atoms with van der Waals surface area (Å²) in [6.45, 7) is 4.00. The summed E-state index contributed by atoms with van der Waals surface area (Å²) in [6.07, 6.45) is 1.30. The van der Waals surface area contributed by atoms with Gasteiger partial charge in [-0.25, -0.2) is 0 Å². The Kier molecular flexibility index (Phi) is 9.78. The molecule has 5 heteroatoms. The molecule has 4 nitrogen and oxygen atoms in total. The Morgan fingerprint density at radius 2 is 1.77 bits per heavy atom. The van der Waals surface area contributed by atoms with E-state index in [1.54, 1.807) is 7.11 Å². The number of hydrogen-bond acceptors (Lipinski definition) is 3. The second kappa shape index (κ2) is 11.6. The maximum atomic E-state index is 12.8. The van der Waals surface area contributed by atoms with E-state index in [9.17, 15) is 4.79 Å². The molecule has 0 radical (unpaired) electrons. The average Bonchev–Trinajstić information content (AvgIpc) is 2.65. The van der Waals surface area contributed by atoms with E-state index in [0.717, 1.165) is 23.3 Å². The zero-order chi connectivity index (χ0) is 18.1. The van der Waals surface area contributed by atoms with Gasteiger partial charge in [-0.2, -0.15) is 0 Å². The third-order valence-corrected chi connectivity index (χ3v) is 4.37. The molecule has 142 valence electrons. The van der Waals surface area contributed by atoms with Crippen LogP contribution in [0.2, 0.25) is 0 Å². The average molecular weight is 377 g/mol. The van der Waals surface area contributed by atoms with Crippen LogP contribution < -0.4 is 10.5 Å². The fraction of sp³-hybridized carbons (Fsp3) is 0.381. The number of carbonyl (C=O) groups excluding carboxylic acids is 1. The van der Waals surface area contributed by atoms with Gasteiger partial charge in [-0.1, -0.05) is 49.4 Å². The smallest absolute Gasteiger partial charge is 0.223 e. The standard InChI is InChI=1S/C21H28N2O2.ClH/c1-17(19-9-11-20(25-2)12-10-19)15-21(24)23(14-6-13-22)16-18-7-4-3-5-8-18;/h3-5,7-12,17H,6,13-16,22H2,1-2H3;1H. The molecule has 1 unspecified atom stereocenters. The normalized spacial score (nSPS) is 11.3. The number of amides is 1. The zero-order valence-electron chi connectivity index (χ0n) is 15.6. The molecule has 0 spiro atoms. The third kappa shape index (κ3) is 6.70. The van der Waals surface area contributed by atoms with Crippen molar-refractivity contribution in [3.8, 4) is 5.75 Å². The van der Waals surface area contributed by atoms with Crippen LogP contribution in [-0.4, -0.2) is 31.0 Å². The van der Waals surface area contributed by atoms with Crippen LogP contribution in [0.1, 0.15) is 36.8 Å². The van der Waals surface area contributed by atoms with Crippen molar-refractivity contribution in [2.24, 2.45) is 5.73 Å². The first kappa shape index (κ1) is 22.0. The minimum Gasteiger partial charge on any atom is -0.497 e. The predicted octanol–water partition coefficient (Wildman–Crippen LogP) is 3.99. The fourth-order valence-electron chi connectivity index (χ4n) is 2.82. The minimum absolute atomic E-state index is 0. The summed E-state index contributed by atoms with van der Waals surface area (Å²) in [4.78, 5) is 14.7. The number of halogens is 1. The van der Waals surface area contributed by atoms with Gasteiger partial charge in [-0.3, -0.25) is 4.79 Å². The molecule has 0 heterocycles. The van der Waals surface area contributed by atoms with Gasteiger partial charge in [0.2, 0.25) is 5.91 Å². The van der Waals surface area contributed by atoms with Crippen molar-refractivity contribution in [3.63, 3.8) is 0 Å². The summed E-state index contributed by atoms with van der Waals surface area (Å²) in [6, 6.07) is 18.0. The van der Waals surface area contributed by atoms with Gasteiger partial charge >= 0.3 is 0 Å². The SMILES string of the molecule is COc1ccc(C(C)CC(=O)N(CCCN)Cc2ccccc2)cc1.Cl. The van der Waals surface area contributed by atoms with Crippen LogP contribution >= 0.6 is 12.4 Å². The van der Waals surface area contributed by atoms with Gasteiger partial charge in [0.05, 0.1) is 7.11 Å². The molecule has 26 heavy (non-hydrogen) atoms. The van der Waals surface area contributed by atoms with Gasteiger partial charge in [-0.05, 0) is 42.1 Å². The molecular weight excluding hydrogens is 348 g/mol. The van der Waals surface area contributed by atoms with Crippen LogP contribution in [-0.2, 0) is 11.3 Å². The Balaban J connectivity index is 0.00000338. The van der Waals surface area contributed by atoms with Gasteiger partial charge in [0, 0.05) is 19.5 Å². The lowest BCUT2D eigenvalue weighted by atomic mass is 9.97. The molecule has 0 aliphatic heterocycles. The summed E-state index contributed by atoms with van der Waals surface area (Å²) in [5.41, 5.74) is 7.93. The Labute approximate surface area is 162 Å². The molecule has 2 rings (SSSR count). The first-order valence-electron chi connectivity index (χ1n) is 8.79. The van der Waals surface area contributed by atoms with Crippen LogP contribution in [0.25, 0.3) is 0 Å². The molecule has 0 saturated carbocycles. The summed E-state index contributed by atoms with van der Waals surface area (Å²) in [5.74, 6) is 1.16. The molecule has 2 aromatic rings. The first-order chi connectivity index (χ1) is 12.1. The lowest BCUT2D eigenvalue weighted by Crippen LogP contribution is -2.33. The Bertz CT molecular complexity index is 647. The lowest BCUT2D eigenvalue weighted by molar-refractivity contribution is -0.132. The third-order valence-electron chi connectivity index (χ3n) is 4.37. The second-order valence-corrected chi connectivity index (χ2v) is 6.32. The number of nitrogens with two attached hydrogens (primary N) is 1. The number of hydrogen-bond donors (Lipinski definition) is 1. The van der Waals surface area contributed by atoms with E-state index in [0.29, 0.717) is 26.1 Å². The fourth-order valence-corrected chi connectivity index (χ4v) is 2.82. The van der Waals surface area contributed by atoms with Gasteiger partial charge < -0.3 is 15.4 Å². The van der Waals surface area contributed by atoms with Crippen LogP contribution in [0.5, 0.6) is 5.75 Å². The minimum atomic E-state index is 0. The van der Waals surface area contributed by atoms with Crippen molar-refractivity contribution in [1.29, 1.82) is 0 Å². The van der Waals surface area contributed by atoms with E-state index >= 15 is 0 Å². The molecule has 1 atom stereocenters. The first-order valence-corrected chi connectivity index (χ1v) is 8.79. The number of carbonyl (C=O) groups is 1. The Morgan fingerprint density at radius 1 is 1.12 bits per heavy atom. The molecule has 0 aromatic heterocycles. The highest BCUT2D eigenvalue weighted by molar-refractivity contribution is 5.85. The predicted molar refractivity (Wildman–Crippen MR) is 109 cm³/mol. The van der Waals surface area contributed by atoms with Crippen molar-refractivity contribution < 1.29 is 9.53 Å². The van der Waals surface area contributed by atoms with E-state index in [-0.39, 0.29) is 24.2 Å². The van der Waals surface area contributed by atoms with E-state index in [2.05, 4.69) is 19.1 Å². The molecule has 0 saturated heterocycles. The highest BCUT2D eigenvalue weighted by atomic mass is 35.5. The monoisotopic (exact) mass is 376 g/mol. The highest BCUT2D eigenvalue weighted by Crippen LogP contribution is 2.23. The number of rotatable bonds is 9. The summed E-state index contributed by atoms with van der Waals surface area (Å²) in [7, 11) is 1.65. The van der Waals surface area contributed by atoms with Crippen LogP contribution in [0.3, 0.4) is 0 Å². The Hall–Kier alpha value is -2.04. The topological polar surface area (TPSA) is 55.6 Å². The summed E-state index contributed by atoms with van der Waals surface area (Å²) >= 11 is 0. The Morgan fingerprint density at radius 3 is 2.35 bits per heavy atom. The molecule has 2 aromatic carbocycles. The lowest BCUT2D eigenvalue weighted by Gasteiger charge is -2.24. The van der Waals surface area contributed by atoms with E-state index < -0.39 is 0 Å². The number of nitrogens with zero attached hydrogens (tertiary/aromatic N) is 1. The van der Waals surface area contributed by atoms with Gasteiger partial charge in [0.15, 0.2) is 0 Å². The van der Waals surface area contributed by atoms with Crippen molar-refractivity contribution in [2.45, 2.75) is 32.2 Å². The number of ether oxygens (including phenoxy) is 1. The maximum absolute atomic E-state index is 12.8. The van der Waals surface area contributed by atoms with E-state index in [1.165, 1.54) is 0 Å². The highest BCUT2D eigenvalue weighted by Gasteiger charge is 2.18. The van der Waals surface area contributed by atoms with Crippen LogP contribution in [0.15, 0.2) is 54.6 Å². The van der Waals surface area contributed by atoms with Gasteiger partial charge in [0.25, 0.3) is 0 Å². The summed E-state index contributed by atoms with van der Waals surface area (Å²) in [5, 5.41) is 0. The second-order valence-electron chi connectivity index (χ2n) is 6.32. The molecule has 0 aliphatic carbocycles. The maximum Gasteiger partial charge on any atom is 0.223 e. The van der Waals surface area contributed by atoms with E-state index in [1.807, 2.05) is 47.4 Å². The molecule has 0 aliphatic rings. The summed E-state index contributed by atoms with van der Waals surface area (Å²) < 4.78 is 5.19. The molecule has 2 N–H and O–H groups in total. The largest absolute Gasteiger partial charge is 0.497 e. The molecular formula is C21H29ClN2O2. The van der Waals surface area contributed by atoms with E-state index in [4.69, 9.17) is 10.5 Å². The molecule has 0 fully saturated rings. The van der Waals surface area contributed by atoms with Crippen molar-refractivity contribution in [2.75, 3.05) is 20.2 Å². The van der Waals surface area contributed by atoms with Crippen molar-refractivity contribution >= 4 is 18.3 Å². The van der Waals surface area contributed by atoms with Gasteiger partial charge in [0.1, 0.15) is 5.75 Å². The molecule has 0 bridgehead atoms. The van der Waals surface area contributed by atoms with Crippen molar-refractivity contribution in [3.05, 3.63) is 65.7 Å². The van der Waals surface area contributed by atoms with Crippen LogP contribution in [0, 0.1) is 0 Å². The quantitative estimate of drug-likeness (QED) is 0.719. The zero-order valence-corrected chi connectivity index (χ0v) is 16.4. The number of methoxy groups -OCH3 is 1. The number of benzene rings is 2. The van der Waals surface area contributed by atoms with Crippen molar-refractivity contribution in [1.82, 2.24) is 4.90 Å². The van der Waals surface area contributed by atoms with Crippen LogP contribution in [0.4, 0.5) is 0 Å².